The Morgan fingerprint density at radius 3 is 2.25 bits per heavy atom. The predicted octanol–water partition coefficient (Wildman–Crippen LogP) is 2.02. The van der Waals surface area contributed by atoms with Gasteiger partial charge >= 0.3 is 0 Å². The zero-order valence-electron chi connectivity index (χ0n) is 10.2. The number of ether oxygens (including phenoxy) is 2. The van der Waals surface area contributed by atoms with Crippen LogP contribution in [0, 0.1) is 0 Å². The largest absolute Gasteiger partial charge is 0.473 e. The molecule has 5 nitrogen and oxygen atoms in total. The molecule has 5 heteroatoms. The summed E-state index contributed by atoms with van der Waals surface area (Å²) in [5.41, 5.74) is 6.22. The van der Waals surface area contributed by atoms with Gasteiger partial charge in [-0.25, -0.2) is 0 Å². The Hall–Kier alpha value is -1.52. The molecule has 1 atom stereocenters. The lowest BCUT2D eigenvalue weighted by Crippen LogP contribution is -2.14. The van der Waals surface area contributed by atoms with Gasteiger partial charge in [-0.3, -0.25) is 0 Å². The number of anilines is 1. The van der Waals surface area contributed by atoms with Gasteiger partial charge in [-0.2, -0.15) is 9.97 Å². The number of nitrogen functional groups attached to an aromatic ring is 1. The first-order valence-corrected chi connectivity index (χ1v) is 5.48. The van der Waals surface area contributed by atoms with Crippen molar-refractivity contribution in [2.45, 2.75) is 46.3 Å². The average molecular weight is 225 g/mol. The average Bonchev–Trinajstić information content (AvgIpc) is 2.23. The van der Waals surface area contributed by atoms with Crippen molar-refractivity contribution in [3.63, 3.8) is 0 Å². The van der Waals surface area contributed by atoms with Gasteiger partial charge in [0.2, 0.25) is 11.8 Å². The van der Waals surface area contributed by atoms with E-state index in [1.165, 1.54) is 6.33 Å². The van der Waals surface area contributed by atoms with Crippen molar-refractivity contribution in [3.8, 4) is 11.8 Å². The van der Waals surface area contributed by atoms with Crippen LogP contribution in [0.25, 0.3) is 0 Å². The van der Waals surface area contributed by atoms with Crippen molar-refractivity contribution in [3.05, 3.63) is 6.33 Å². The Kier molecular flexibility index (Phi) is 4.34. The fourth-order valence-corrected chi connectivity index (χ4v) is 1.05. The highest BCUT2D eigenvalue weighted by Crippen LogP contribution is 2.28. The smallest absolute Gasteiger partial charge is 0.244 e. The van der Waals surface area contributed by atoms with Crippen LogP contribution in [-0.4, -0.2) is 22.2 Å². The maximum absolute atomic E-state index is 5.86. The predicted molar refractivity (Wildman–Crippen MR) is 62.6 cm³/mol. The second-order valence-electron chi connectivity index (χ2n) is 3.90. The molecule has 16 heavy (non-hydrogen) atoms. The number of hydrogen-bond donors (Lipinski definition) is 1. The molecule has 0 spiro atoms. The molecule has 0 aliphatic carbocycles. The van der Waals surface area contributed by atoms with Gasteiger partial charge in [-0.05, 0) is 27.2 Å². The van der Waals surface area contributed by atoms with Gasteiger partial charge in [-0.15, -0.1) is 0 Å². The highest BCUT2D eigenvalue weighted by atomic mass is 16.5. The number of nitrogens with two attached hydrogens (primary N) is 1. The first kappa shape index (κ1) is 12.5. The van der Waals surface area contributed by atoms with Crippen molar-refractivity contribution >= 4 is 5.69 Å². The molecule has 0 saturated carbocycles. The monoisotopic (exact) mass is 225 g/mol. The van der Waals surface area contributed by atoms with Gasteiger partial charge in [-0.1, -0.05) is 6.92 Å². The highest BCUT2D eigenvalue weighted by molar-refractivity contribution is 5.55. The molecule has 1 aromatic heterocycles. The topological polar surface area (TPSA) is 70.3 Å². The zero-order valence-corrected chi connectivity index (χ0v) is 10.2. The number of hydrogen-bond acceptors (Lipinski definition) is 5. The van der Waals surface area contributed by atoms with Gasteiger partial charge in [0, 0.05) is 0 Å². The van der Waals surface area contributed by atoms with E-state index >= 15 is 0 Å². The van der Waals surface area contributed by atoms with E-state index in [2.05, 4.69) is 9.97 Å². The van der Waals surface area contributed by atoms with Crippen molar-refractivity contribution < 1.29 is 9.47 Å². The summed E-state index contributed by atoms with van der Waals surface area (Å²) in [6, 6.07) is 0. The van der Waals surface area contributed by atoms with Crippen molar-refractivity contribution in [1.29, 1.82) is 0 Å². The molecular formula is C11H19N3O2. The van der Waals surface area contributed by atoms with Crippen molar-refractivity contribution in [1.82, 2.24) is 9.97 Å². The van der Waals surface area contributed by atoms with Crippen molar-refractivity contribution in [2.75, 3.05) is 5.73 Å². The summed E-state index contributed by atoms with van der Waals surface area (Å²) in [6.45, 7) is 7.82. The Bertz CT molecular complexity index is 342. The fraction of sp³-hybridized carbons (Fsp3) is 0.636. The highest BCUT2D eigenvalue weighted by Gasteiger charge is 2.13. The lowest BCUT2D eigenvalue weighted by Gasteiger charge is -2.15. The fourth-order valence-electron chi connectivity index (χ4n) is 1.05. The van der Waals surface area contributed by atoms with Gasteiger partial charge < -0.3 is 15.2 Å². The van der Waals surface area contributed by atoms with Crippen LogP contribution in [0.3, 0.4) is 0 Å². The minimum atomic E-state index is 0.0219. The summed E-state index contributed by atoms with van der Waals surface area (Å²) in [7, 11) is 0. The molecule has 1 rings (SSSR count). The molecule has 0 fully saturated rings. The van der Waals surface area contributed by atoms with Gasteiger partial charge in [0.1, 0.15) is 6.33 Å². The lowest BCUT2D eigenvalue weighted by molar-refractivity contribution is 0.203. The van der Waals surface area contributed by atoms with Crippen LogP contribution >= 0.6 is 0 Å². The quantitative estimate of drug-likeness (QED) is 0.830. The molecule has 0 aliphatic heterocycles. The van der Waals surface area contributed by atoms with E-state index in [0.717, 1.165) is 6.42 Å². The summed E-state index contributed by atoms with van der Waals surface area (Å²) in [5.74, 6) is 0.767. The Morgan fingerprint density at radius 2 is 1.75 bits per heavy atom. The maximum atomic E-state index is 5.86. The lowest BCUT2D eigenvalue weighted by atomic mass is 10.3. The minimum Gasteiger partial charge on any atom is -0.473 e. The summed E-state index contributed by atoms with van der Waals surface area (Å²) >= 11 is 0. The van der Waals surface area contributed by atoms with Crippen LogP contribution < -0.4 is 15.2 Å². The first-order chi connectivity index (χ1) is 7.54. The Morgan fingerprint density at radius 1 is 1.19 bits per heavy atom. The number of rotatable bonds is 5. The first-order valence-electron chi connectivity index (χ1n) is 5.48. The van der Waals surface area contributed by atoms with E-state index < -0.39 is 0 Å². The second kappa shape index (κ2) is 5.53. The van der Waals surface area contributed by atoms with E-state index in [1.807, 2.05) is 27.7 Å². The molecule has 0 radical (unpaired) electrons. The molecule has 1 unspecified atom stereocenters. The molecular weight excluding hydrogens is 206 g/mol. The standard InChI is InChI=1S/C11H19N3O2/c1-5-8(4)16-11-9(12)10(13-6-14-11)15-7(2)3/h6-8H,5,12H2,1-4H3. The van der Waals surface area contributed by atoms with E-state index in [0.29, 0.717) is 17.4 Å². The van der Waals surface area contributed by atoms with Crippen LogP contribution in [0.4, 0.5) is 5.69 Å². The molecule has 0 bridgehead atoms. The van der Waals surface area contributed by atoms with Crippen LogP contribution in [0.5, 0.6) is 11.8 Å². The summed E-state index contributed by atoms with van der Waals surface area (Å²) in [4.78, 5) is 7.97. The van der Waals surface area contributed by atoms with Crippen LogP contribution in [-0.2, 0) is 0 Å². The van der Waals surface area contributed by atoms with E-state index in [4.69, 9.17) is 15.2 Å². The van der Waals surface area contributed by atoms with E-state index in [-0.39, 0.29) is 12.2 Å². The van der Waals surface area contributed by atoms with Crippen molar-refractivity contribution in [2.24, 2.45) is 0 Å². The molecule has 1 heterocycles. The molecule has 0 amide bonds. The third-order valence-corrected chi connectivity index (χ3v) is 2.05. The summed E-state index contributed by atoms with van der Waals surface area (Å²) in [6.07, 6.45) is 2.38. The third-order valence-electron chi connectivity index (χ3n) is 2.05. The van der Waals surface area contributed by atoms with E-state index in [9.17, 15) is 0 Å². The second-order valence-corrected chi connectivity index (χ2v) is 3.90. The SMILES string of the molecule is CCC(C)Oc1ncnc(OC(C)C)c1N. The van der Waals surface area contributed by atoms with Gasteiger partial charge in [0.05, 0.1) is 12.2 Å². The maximum Gasteiger partial charge on any atom is 0.244 e. The van der Waals surface area contributed by atoms with Crippen LogP contribution in [0.1, 0.15) is 34.1 Å². The third kappa shape index (κ3) is 3.25. The minimum absolute atomic E-state index is 0.0219. The molecule has 1 aromatic rings. The Balaban J connectivity index is 2.86. The molecule has 0 saturated heterocycles. The molecule has 0 aliphatic rings. The molecule has 90 valence electrons. The molecule has 0 aromatic carbocycles. The molecule has 2 N–H and O–H groups in total. The number of nitrogens with zero attached hydrogens (tertiary/aromatic N) is 2. The van der Waals surface area contributed by atoms with Gasteiger partial charge in [0.15, 0.2) is 5.69 Å². The van der Waals surface area contributed by atoms with E-state index in [1.54, 1.807) is 0 Å². The zero-order chi connectivity index (χ0) is 12.1. The summed E-state index contributed by atoms with van der Waals surface area (Å²) in [5, 5.41) is 0. The Labute approximate surface area is 96.0 Å². The number of aromatic nitrogens is 2. The van der Waals surface area contributed by atoms with Crippen LogP contribution in [0.2, 0.25) is 0 Å². The summed E-state index contributed by atoms with van der Waals surface area (Å²) < 4.78 is 11.0. The van der Waals surface area contributed by atoms with Gasteiger partial charge in [0.25, 0.3) is 0 Å². The normalized spacial score (nSPS) is 12.6. The van der Waals surface area contributed by atoms with Crippen LogP contribution in [0.15, 0.2) is 6.33 Å².